The molecule has 0 saturated carbocycles. The molecule has 4 heteroatoms. The van der Waals surface area contributed by atoms with Gasteiger partial charge in [0.15, 0.2) is 0 Å². The molecule has 0 aliphatic heterocycles. The van der Waals surface area contributed by atoms with Crippen LogP contribution in [0.5, 0.6) is 5.75 Å². The van der Waals surface area contributed by atoms with Crippen LogP contribution < -0.4 is 10.1 Å². The van der Waals surface area contributed by atoms with E-state index in [1.165, 1.54) is 16.5 Å². The molecule has 4 nitrogen and oxygen atoms in total. The van der Waals surface area contributed by atoms with Gasteiger partial charge >= 0.3 is 0 Å². The molecule has 1 aromatic heterocycles. The second-order valence-corrected chi connectivity index (χ2v) is 7.59. The molecule has 3 aromatic carbocycles. The van der Waals surface area contributed by atoms with Crippen molar-refractivity contribution in [2.24, 2.45) is 0 Å². The van der Waals surface area contributed by atoms with Crippen LogP contribution in [0.25, 0.3) is 10.8 Å². The molecule has 1 aliphatic rings. The number of aromatic nitrogens is 1. The Morgan fingerprint density at radius 2 is 1.73 bits per heavy atom. The largest absolute Gasteiger partial charge is 0.489 e. The van der Waals surface area contributed by atoms with Crippen molar-refractivity contribution in [1.29, 1.82) is 0 Å². The van der Waals surface area contributed by atoms with E-state index in [1.54, 1.807) is 12.4 Å². The molecule has 0 atom stereocenters. The van der Waals surface area contributed by atoms with Crippen LogP contribution in [0.3, 0.4) is 0 Å². The van der Waals surface area contributed by atoms with Crippen LogP contribution in [0.15, 0.2) is 79.1 Å². The molecule has 0 unspecified atom stereocenters. The molecule has 0 fully saturated rings. The van der Waals surface area contributed by atoms with E-state index in [2.05, 4.69) is 28.5 Å². The highest BCUT2D eigenvalue weighted by atomic mass is 16.5. The zero-order valence-electron chi connectivity index (χ0n) is 16.6. The zero-order chi connectivity index (χ0) is 20.3. The first-order chi connectivity index (χ1) is 14.8. The molecule has 1 heterocycles. The average molecular weight is 394 g/mol. The molecule has 0 saturated heterocycles. The Labute approximate surface area is 175 Å². The molecule has 30 heavy (non-hydrogen) atoms. The Balaban J connectivity index is 1.23. The zero-order valence-corrected chi connectivity index (χ0v) is 16.6. The number of nitrogens with zero attached hydrogens (tertiary/aromatic N) is 1. The molecular weight excluding hydrogens is 372 g/mol. The van der Waals surface area contributed by atoms with Gasteiger partial charge in [0.2, 0.25) is 0 Å². The third-order valence-electron chi connectivity index (χ3n) is 5.63. The van der Waals surface area contributed by atoms with Gasteiger partial charge in [-0.1, -0.05) is 42.5 Å². The normalized spacial score (nSPS) is 12.1. The van der Waals surface area contributed by atoms with E-state index in [-0.39, 0.29) is 5.91 Å². The summed E-state index contributed by atoms with van der Waals surface area (Å²) in [6.07, 6.45) is 5.67. The Bertz CT molecular complexity index is 1190. The van der Waals surface area contributed by atoms with Gasteiger partial charge in [-0.2, -0.15) is 0 Å². The van der Waals surface area contributed by atoms with Gasteiger partial charge in [-0.3, -0.25) is 9.78 Å². The highest BCUT2D eigenvalue weighted by molar-refractivity contribution is 6.09. The number of nitrogens with one attached hydrogen (secondary N) is 1. The van der Waals surface area contributed by atoms with Gasteiger partial charge in [0, 0.05) is 30.1 Å². The Morgan fingerprint density at radius 3 is 2.53 bits per heavy atom. The number of carbonyl (C=O) groups is 1. The first kappa shape index (κ1) is 18.4. The first-order valence-electron chi connectivity index (χ1n) is 10.2. The Kier molecular flexibility index (Phi) is 4.89. The van der Waals surface area contributed by atoms with Gasteiger partial charge in [0.1, 0.15) is 12.4 Å². The lowest BCUT2D eigenvalue weighted by Gasteiger charge is -2.11. The van der Waals surface area contributed by atoms with E-state index in [4.69, 9.17) is 4.74 Å². The van der Waals surface area contributed by atoms with Crippen LogP contribution in [0.4, 0.5) is 0 Å². The Morgan fingerprint density at radius 1 is 0.900 bits per heavy atom. The maximum absolute atomic E-state index is 12.9. The molecule has 1 amide bonds. The van der Waals surface area contributed by atoms with Crippen molar-refractivity contribution in [3.05, 3.63) is 107 Å². The van der Waals surface area contributed by atoms with Gasteiger partial charge in [0.25, 0.3) is 5.91 Å². The second-order valence-electron chi connectivity index (χ2n) is 7.59. The number of pyridine rings is 1. The van der Waals surface area contributed by atoms with Gasteiger partial charge in [-0.25, -0.2) is 0 Å². The highest BCUT2D eigenvalue weighted by Crippen LogP contribution is 2.32. The smallest absolute Gasteiger partial charge is 0.252 e. The molecule has 148 valence electrons. The van der Waals surface area contributed by atoms with Crippen LogP contribution in [0.2, 0.25) is 0 Å². The maximum Gasteiger partial charge on any atom is 0.252 e. The van der Waals surface area contributed by atoms with Crippen molar-refractivity contribution in [2.75, 3.05) is 0 Å². The minimum absolute atomic E-state index is 0.0393. The van der Waals surface area contributed by atoms with Crippen LogP contribution in [0, 0.1) is 0 Å². The summed E-state index contributed by atoms with van der Waals surface area (Å²) in [6.45, 7) is 0.958. The third-order valence-corrected chi connectivity index (χ3v) is 5.63. The lowest BCUT2D eigenvalue weighted by molar-refractivity contribution is 0.0952. The molecule has 0 spiro atoms. The molecule has 0 bridgehead atoms. The van der Waals surface area contributed by atoms with Gasteiger partial charge < -0.3 is 10.1 Å². The van der Waals surface area contributed by atoms with Gasteiger partial charge in [-0.15, -0.1) is 0 Å². The lowest BCUT2D eigenvalue weighted by atomic mass is 9.99. The lowest BCUT2D eigenvalue weighted by Crippen LogP contribution is -2.23. The average Bonchev–Trinajstić information content (AvgIpc) is 3.23. The quantitative estimate of drug-likeness (QED) is 0.509. The van der Waals surface area contributed by atoms with Crippen molar-refractivity contribution >= 4 is 16.7 Å². The predicted molar refractivity (Wildman–Crippen MR) is 118 cm³/mol. The molecule has 1 aliphatic carbocycles. The number of ether oxygens (including phenoxy) is 1. The highest BCUT2D eigenvalue weighted by Gasteiger charge is 2.18. The van der Waals surface area contributed by atoms with Crippen molar-refractivity contribution in [3.63, 3.8) is 0 Å². The predicted octanol–water partition coefficient (Wildman–Crippen LogP) is 4.84. The van der Waals surface area contributed by atoms with E-state index in [0.717, 1.165) is 40.7 Å². The molecule has 1 N–H and O–H groups in total. The van der Waals surface area contributed by atoms with Crippen LogP contribution in [0.1, 0.15) is 32.6 Å². The fourth-order valence-electron chi connectivity index (χ4n) is 4.08. The molecule has 5 rings (SSSR count). The minimum atomic E-state index is -0.0393. The number of amides is 1. The summed E-state index contributed by atoms with van der Waals surface area (Å²) < 4.78 is 5.79. The van der Waals surface area contributed by atoms with E-state index in [0.29, 0.717) is 13.2 Å². The third kappa shape index (κ3) is 3.64. The van der Waals surface area contributed by atoms with E-state index < -0.39 is 0 Å². The van der Waals surface area contributed by atoms with Crippen molar-refractivity contribution in [2.45, 2.75) is 26.0 Å². The fourth-order valence-corrected chi connectivity index (χ4v) is 4.08. The summed E-state index contributed by atoms with van der Waals surface area (Å²) in [5, 5.41) is 5.37. The van der Waals surface area contributed by atoms with Crippen LogP contribution in [-0.4, -0.2) is 10.9 Å². The Hall–Kier alpha value is -3.66. The summed E-state index contributed by atoms with van der Waals surface area (Å²) in [7, 11) is 0. The first-order valence-corrected chi connectivity index (χ1v) is 10.2. The molecular formula is C26H22N2O2. The summed E-state index contributed by atoms with van der Waals surface area (Å²) in [5.41, 5.74) is 5.49. The number of rotatable bonds is 6. The number of hydrogen-bond acceptors (Lipinski definition) is 3. The fraction of sp³-hybridized carbons (Fsp3) is 0.154. The van der Waals surface area contributed by atoms with Gasteiger partial charge in [-0.05, 0) is 64.6 Å². The van der Waals surface area contributed by atoms with E-state index >= 15 is 0 Å². The summed E-state index contributed by atoms with van der Waals surface area (Å²) >= 11 is 0. The van der Waals surface area contributed by atoms with Crippen molar-refractivity contribution in [1.82, 2.24) is 10.3 Å². The molecule has 0 radical (unpaired) electrons. The SMILES string of the molecule is O=C(NCc1ccc(OCc2cccnc2)cc1)c1ccc2c3c(cccc13)CC2. The van der Waals surface area contributed by atoms with Crippen LogP contribution >= 0.6 is 0 Å². The van der Waals surface area contributed by atoms with E-state index in [9.17, 15) is 4.79 Å². The second kappa shape index (κ2) is 7.99. The number of benzene rings is 3. The minimum Gasteiger partial charge on any atom is -0.489 e. The van der Waals surface area contributed by atoms with Crippen LogP contribution in [-0.2, 0) is 26.0 Å². The summed E-state index contributed by atoms with van der Waals surface area (Å²) in [5.74, 6) is 0.754. The van der Waals surface area contributed by atoms with E-state index in [1.807, 2.05) is 48.5 Å². The van der Waals surface area contributed by atoms with Gasteiger partial charge in [0.05, 0.1) is 0 Å². The summed E-state index contributed by atoms with van der Waals surface area (Å²) in [4.78, 5) is 16.9. The standard InChI is InChI=1S/C26H22N2O2/c29-26(24-13-10-21-9-8-20-4-1-5-23(24)25(20)21)28-16-18-6-11-22(12-7-18)30-17-19-3-2-14-27-15-19/h1-7,10-15H,8-9,16-17H2,(H,28,29). The number of hydrogen-bond donors (Lipinski definition) is 1. The summed E-state index contributed by atoms with van der Waals surface area (Å²) in [6, 6.07) is 22.0. The topological polar surface area (TPSA) is 51.2 Å². The monoisotopic (exact) mass is 394 g/mol. The number of aryl methyl sites for hydroxylation is 2. The maximum atomic E-state index is 12.9. The van der Waals surface area contributed by atoms with Crippen molar-refractivity contribution < 1.29 is 9.53 Å². The molecule has 4 aromatic rings. The number of carbonyl (C=O) groups excluding carboxylic acids is 1. The van der Waals surface area contributed by atoms with Crippen molar-refractivity contribution in [3.8, 4) is 5.75 Å².